The molecule has 0 unspecified atom stereocenters. The highest BCUT2D eigenvalue weighted by Gasteiger charge is 2.09. The number of piperidine rings is 1. The number of unbranched alkanes of at least 4 members (excludes halogenated alkanes) is 1. The molecule has 1 aliphatic rings. The van der Waals surface area contributed by atoms with Gasteiger partial charge in [0.2, 0.25) is 0 Å². The van der Waals surface area contributed by atoms with E-state index >= 15 is 0 Å². The third-order valence-corrected chi connectivity index (χ3v) is 5.41. The molecule has 1 fully saturated rings. The summed E-state index contributed by atoms with van der Waals surface area (Å²) in [5, 5.41) is 4.52. The van der Waals surface area contributed by atoms with Crippen LogP contribution in [0.3, 0.4) is 0 Å². The van der Waals surface area contributed by atoms with Gasteiger partial charge < -0.3 is 9.74 Å². The third kappa shape index (κ3) is 7.47. The van der Waals surface area contributed by atoms with Crippen molar-refractivity contribution in [1.29, 1.82) is 0 Å². The topological polar surface area (TPSA) is 24.8 Å². The van der Waals surface area contributed by atoms with Crippen LogP contribution in [0, 0.1) is 0 Å². The van der Waals surface area contributed by atoms with Crippen LogP contribution in [0.2, 0.25) is 0 Å². The molecule has 150 valence electrons. The van der Waals surface area contributed by atoms with Gasteiger partial charge in [0.05, 0.1) is 5.71 Å². The van der Waals surface area contributed by atoms with Crippen LogP contribution in [0.1, 0.15) is 56.1 Å². The molecule has 0 atom stereocenters. The summed E-state index contributed by atoms with van der Waals surface area (Å²) in [6.45, 7) is 4.34. The Morgan fingerprint density at radius 1 is 0.821 bits per heavy atom. The lowest BCUT2D eigenvalue weighted by Gasteiger charge is -2.25. The number of oxime groups is 1. The van der Waals surface area contributed by atoms with Gasteiger partial charge in [0.1, 0.15) is 6.61 Å². The Bertz CT molecular complexity index is 678. The van der Waals surface area contributed by atoms with Crippen molar-refractivity contribution in [1.82, 2.24) is 4.90 Å². The Balaban J connectivity index is 1.42. The first-order valence-corrected chi connectivity index (χ1v) is 10.9. The first kappa shape index (κ1) is 20.6. The van der Waals surface area contributed by atoms with E-state index in [9.17, 15) is 0 Å². The lowest BCUT2D eigenvalue weighted by molar-refractivity contribution is 0.124. The maximum Gasteiger partial charge on any atom is 0.118 e. The number of hydrogen-bond acceptors (Lipinski definition) is 3. The molecule has 0 bridgehead atoms. The molecule has 3 nitrogen and oxygen atoms in total. The molecule has 2 aromatic rings. The smallest absolute Gasteiger partial charge is 0.118 e. The zero-order chi connectivity index (χ0) is 19.3. The standard InChI is InChI=1S/C25H34N2O/c1-4-13-23(14-5-1)15-8-9-18-25(24-16-6-2-7-17-24)26-28-22-12-21-27-19-10-3-11-20-27/h1-2,4-7,13-14,16-17H,3,8-12,15,18-22H2/b26-25+. The molecule has 2 aromatic carbocycles. The Morgan fingerprint density at radius 2 is 1.54 bits per heavy atom. The molecule has 0 aliphatic carbocycles. The van der Waals surface area contributed by atoms with Crippen molar-refractivity contribution >= 4 is 5.71 Å². The van der Waals surface area contributed by atoms with Crippen LogP contribution in [0.25, 0.3) is 0 Å². The van der Waals surface area contributed by atoms with E-state index in [1.54, 1.807) is 0 Å². The van der Waals surface area contributed by atoms with Crippen LogP contribution in [-0.2, 0) is 11.3 Å². The molecule has 3 heteroatoms. The quantitative estimate of drug-likeness (QED) is 0.285. The van der Waals surface area contributed by atoms with Crippen LogP contribution in [0.5, 0.6) is 0 Å². The van der Waals surface area contributed by atoms with Gasteiger partial charge in [0.25, 0.3) is 0 Å². The zero-order valence-corrected chi connectivity index (χ0v) is 17.1. The summed E-state index contributed by atoms with van der Waals surface area (Å²) >= 11 is 0. The van der Waals surface area contributed by atoms with Crippen LogP contribution in [0.15, 0.2) is 65.8 Å². The van der Waals surface area contributed by atoms with Gasteiger partial charge in [-0.05, 0) is 69.2 Å². The second kappa shape index (κ2) is 12.4. The summed E-state index contributed by atoms with van der Waals surface area (Å²) in [6.07, 6.45) is 9.52. The van der Waals surface area contributed by atoms with E-state index in [1.165, 1.54) is 49.9 Å². The van der Waals surface area contributed by atoms with Gasteiger partial charge in [-0.15, -0.1) is 0 Å². The van der Waals surface area contributed by atoms with Crippen molar-refractivity contribution in [2.75, 3.05) is 26.2 Å². The molecule has 1 heterocycles. The number of likely N-dealkylation sites (tertiary alicyclic amines) is 1. The largest absolute Gasteiger partial charge is 0.396 e. The van der Waals surface area contributed by atoms with E-state index < -0.39 is 0 Å². The van der Waals surface area contributed by atoms with E-state index in [2.05, 4.69) is 70.7 Å². The van der Waals surface area contributed by atoms with Gasteiger partial charge in [-0.2, -0.15) is 0 Å². The maximum atomic E-state index is 5.72. The average molecular weight is 379 g/mol. The monoisotopic (exact) mass is 378 g/mol. The molecule has 0 amide bonds. The van der Waals surface area contributed by atoms with E-state index in [0.29, 0.717) is 6.61 Å². The highest BCUT2D eigenvalue weighted by molar-refractivity contribution is 6.00. The number of hydrogen-bond donors (Lipinski definition) is 0. The fraction of sp³-hybridized carbons (Fsp3) is 0.480. The van der Waals surface area contributed by atoms with E-state index in [0.717, 1.165) is 37.9 Å². The second-order valence-electron chi connectivity index (χ2n) is 7.69. The van der Waals surface area contributed by atoms with Crippen molar-refractivity contribution in [2.45, 2.75) is 51.4 Å². The van der Waals surface area contributed by atoms with Crippen molar-refractivity contribution in [3.63, 3.8) is 0 Å². The van der Waals surface area contributed by atoms with Gasteiger partial charge in [-0.3, -0.25) is 0 Å². The summed E-state index contributed by atoms with van der Waals surface area (Å²) in [6, 6.07) is 21.2. The number of aryl methyl sites for hydroxylation is 1. The summed E-state index contributed by atoms with van der Waals surface area (Å²) in [5.74, 6) is 0. The second-order valence-corrected chi connectivity index (χ2v) is 7.69. The normalized spacial score (nSPS) is 15.5. The highest BCUT2D eigenvalue weighted by Crippen LogP contribution is 2.12. The maximum absolute atomic E-state index is 5.72. The van der Waals surface area contributed by atoms with E-state index in [4.69, 9.17) is 4.84 Å². The molecule has 0 spiro atoms. The van der Waals surface area contributed by atoms with Gasteiger partial charge >= 0.3 is 0 Å². The average Bonchev–Trinajstić information content (AvgIpc) is 2.77. The highest BCUT2D eigenvalue weighted by atomic mass is 16.6. The molecule has 0 aromatic heterocycles. The number of rotatable bonds is 11. The van der Waals surface area contributed by atoms with Gasteiger partial charge in [0.15, 0.2) is 0 Å². The zero-order valence-electron chi connectivity index (χ0n) is 17.1. The summed E-state index contributed by atoms with van der Waals surface area (Å²) in [5.41, 5.74) is 3.67. The molecule has 0 saturated carbocycles. The predicted octanol–water partition coefficient (Wildman–Crippen LogP) is 5.70. The van der Waals surface area contributed by atoms with Crippen molar-refractivity contribution in [3.05, 3.63) is 71.8 Å². The summed E-state index contributed by atoms with van der Waals surface area (Å²) in [4.78, 5) is 8.27. The number of nitrogens with zero attached hydrogens (tertiary/aromatic N) is 2. The van der Waals surface area contributed by atoms with Crippen molar-refractivity contribution in [2.24, 2.45) is 5.16 Å². The molecule has 28 heavy (non-hydrogen) atoms. The lowest BCUT2D eigenvalue weighted by atomic mass is 10.0. The lowest BCUT2D eigenvalue weighted by Crippen LogP contribution is -2.31. The summed E-state index contributed by atoms with van der Waals surface area (Å²) in [7, 11) is 0. The van der Waals surface area contributed by atoms with Gasteiger partial charge in [-0.25, -0.2) is 0 Å². The van der Waals surface area contributed by atoms with Crippen LogP contribution >= 0.6 is 0 Å². The molecule has 0 N–H and O–H groups in total. The van der Waals surface area contributed by atoms with E-state index in [-0.39, 0.29) is 0 Å². The fourth-order valence-corrected chi connectivity index (χ4v) is 3.80. The molecule has 1 aliphatic heterocycles. The van der Waals surface area contributed by atoms with Crippen LogP contribution < -0.4 is 0 Å². The SMILES string of the molecule is c1ccc(CCCC/C(=N\OCCCN2CCCCC2)c2ccccc2)cc1. The minimum Gasteiger partial charge on any atom is -0.396 e. The molecule has 3 rings (SSSR count). The Hall–Kier alpha value is -2.13. The van der Waals surface area contributed by atoms with Crippen LogP contribution in [-0.4, -0.2) is 36.9 Å². The Morgan fingerprint density at radius 3 is 2.29 bits per heavy atom. The molecule has 0 radical (unpaired) electrons. The Kier molecular flexibility index (Phi) is 9.09. The first-order chi connectivity index (χ1) is 13.9. The van der Waals surface area contributed by atoms with Gasteiger partial charge in [-0.1, -0.05) is 72.2 Å². The fourth-order valence-electron chi connectivity index (χ4n) is 3.80. The molecular weight excluding hydrogens is 344 g/mol. The van der Waals surface area contributed by atoms with Gasteiger partial charge in [0, 0.05) is 6.54 Å². The number of benzene rings is 2. The molecular formula is C25H34N2O. The molecule has 1 saturated heterocycles. The van der Waals surface area contributed by atoms with Crippen molar-refractivity contribution < 1.29 is 4.84 Å². The van der Waals surface area contributed by atoms with Crippen molar-refractivity contribution in [3.8, 4) is 0 Å². The minimum absolute atomic E-state index is 0.705. The van der Waals surface area contributed by atoms with E-state index in [1.807, 2.05) is 0 Å². The first-order valence-electron chi connectivity index (χ1n) is 10.9. The minimum atomic E-state index is 0.705. The predicted molar refractivity (Wildman–Crippen MR) is 118 cm³/mol. The summed E-state index contributed by atoms with van der Waals surface area (Å²) < 4.78 is 0. The third-order valence-electron chi connectivity index (χ3n) is 5.41. The Labute approximate surface area is 170 Å². The van der Waals surface area contributed by atoms with Crippen LogP contribution in [0.4, 0.5) is 0 Å².